The van der Waals surface area contributed by atoms with Gasteiger partial charge in [-0.05, 0) is 38.7 Å². The van der Waals surface area contributed by atoms with Gasteiger partial charge in [-0.3, -0.25) is 0 Å². The summed E-state index contributed by atoms with van der Waals surface area (Å²) in [5.41, 5.74) is 1.30. The van der Waals surface area contributed by atoms with Gasteiger partial charge in [0.15, 0.2) is 0 Å². The van der Waals surface area contributed by atoms with Crippen molar-refractivity contribution >= 4 is 36.2 Å². The number of aromatic carboxylic acids is 1. The van der Waals surface area contributed by atoms with Crippen LogP contribution >= 0.6 is 11.3 Å². The number of carboxylic acids is 1. The van der Waals surface area contributed by atoms with E-state index in [1.807, 2.05) is 32.4 Å². The molecular formula is C14H17LiN2O2S. The van der Waals surface area contributed by atoms with Gasteiger partial charge in [-0.15, -0.1) is 11.3 Å². The number of hydrogen-bond acceptors (Lipinski definition) is 4. The molecule has 102 valence electrons. The molecule has 1 unspecified atom stereocenters. The molecule has 0 saturated carbocycles. The zero-order chi connectivity index (χ0) is 14.0. The van der Waals surface area contributed by atoms with Gasteiger partial charge in [-0.25, -0.2) is 9.78 Å². The molecule has 0 saturated heterocycles. The fourth-order valence-corrected chi connectivity index (χ4v) is 2.68. The average Bonchev–Trinajstić information content (AvgIpc) is 2.87. The van der Waals surface area contributed by atoms with E-state index in [2.05, 4.69) is 16.8 Å². The number of aromatic nitrogens is 1. The van der Waals surface area contributed by atoms with Crippen LogP contribution in [0.5, 0.6) is 0 Å². The molecule has 0 aliphatic carbocycles. The third kappa shape index (κ3) is 3.71. The van der Waals surface area contributed by atoms with Crippen molar-refractivity contribution in [2.45, 2.75) is 13.0 Å². The Bertz CT molecular complexity index is 581. The van der Waals surface area contributed by atoms with Crippen molar-refractivity contribution in [1.82, 2.24) is 9.88 Å². The quantitative estimate of drug-likeness (QED) is 0.876. The molecule has 0 radical (unpaired) electrons. The van der Waals surface area contributed by atoms with Crippen LogP contribution < -0.4 is 0 Å². The van der Waals surface area contributed by atoms with Crippen molar-refractivity contribution < 1.29 is 9.90 Å². The first kappa shape index (κ1) is 16.9. The Hall–Kier alpha value is -1.12. The molecule has 1 aromatic heterocycles. The molecule has 0 fully saturated rings. The van der Waals surface area contributed by atoms with Gasteiger partial charge < -0.3 is 10.0 Å². The van der Waals surface area contributed by atoms with Crippen LogP contribution in [0.4, 0.5) is 0 Å². The summed E-state index contributed by atoms with van der Waals surface area (Å²) in [4.78, 5) is 18.4. The molecule has 1 heterocycles. The van der Waals surface area contributed by atoms with Gasteiger partial charge in [0, 0.05) is 6.20 Å². The first-order valence-electron chi connectivity index (χ1n) is 5.95. The molecule has 0 bridgehead atoms. The van der Waals surface area contributed by atoms with Crippen LogP contribution in [0.15, 0.2) is 30.5 Å². The summed E-state index contributed by atoms with van der Waals surface area (Å²) in [6.07, 6.45) is 1.84. The normalized spacial score (nSPS) is 12.0. The summed E-state index contributed by atoms with van der Waals surface area (Å²) in [6.45, 7) is 2.11. The van der Waals surface area contributed by atoms with E-state index in [9.17, 15) is 4.79 Å². The number of hydrogen-bond donors (Lipinski definition) is 1. The molecule has 4 nitrogen and oxygen atoms in total. The summed E-state index contributed by atoms with van der Waals surface area (Å²) in [5.74, 6) is -0.905. The molecule has 20 heavy (non-hydrogen) atoms. The topological polar surface area (TPSA) is 53.4 Å². The van der Waals surface area contributed by atoms with Gasteiger partial charge in [0.25, 0.3) is 0 Å². The first-order valence-corrected chi connectivity index (χ1v) is 6.76. The monoisotopic (exact) mass is 284 g/mol. The number of rotatable bonds is 4. The minimum atomic E-state index is -0.905. The third-order valence-electron chi connectivity index (χ3n) is 3.07. The maximum absolute atomic E-state index is 10.8. The Kier molecular flexibility index (Phi) is 5.97. The van der Waals surface area contributed by atoms with Gasteiger partial charge in [-0.2, -0.15) is 0 Å². The summed E-state index contributed by atoms with van der Waals surface area (Å²) < 4.78 is 0. The fourth-order valence-electron chi connectivity index (χ4n) is 1.61. The molecule has 1 aromatic carbocycles. The number of nitrogens with zero attached hydrogens (tertiary/aromatic N) is 2. The van der Waals surface area contributed by atoms with E-state index in [0.717, 1.165) is 15.4 Å². The zero-order valence-electron chi connectivity index (χ0n) is 11.1. The first-order chi connectivity index (χ1) is 8.99. The Morgan fingerprint density at radius 2 is 1.90 bits per heavy atom. The molecule has 2 rings (SSSR count). The molecule has 1 atom stereocenters. The summed E-state index contributed by atoms with van der Waals surface area (Å²) in [5, 5.41) is 9.93. The van der Waals surface area contributed by atoms with Crippen molar-refractivity contribution in [3.05, 3.63) is 41.0 Å². The molecule has 2 aromatic rings. The Morgan fingerprint density at radius 3 is 2.40 bits per heavy atom. The third-order valence-corrected chi connectivity index (χ3v) is 4.29. The average molecular weight is 284 g/mol. The van der Waals surface area contributed by atoms with Crippen molar-refractivity contribution in [2.24, 2.45) is 0 Å². The van der Waals surface area contributed by atoms with E-state index >= 15 is 0 Å². The number of benzene rings is 1. The second-order valence-corrected chi connectivity index (χ2v) is 5.65. The van der Waals surface area contributed by atoms with Gasteiger partial charge in [0.1, 0.15) is 5.01 Å². The molecule has 6 heteroatoms. The van der Waals surface area contributed by atoms with Crippen molar-refractivity contribution in [3.8, 4) is 10.4 Å². The molecule has 0 aliphatic heterocycles. The van der Waals surface area contributed by atoms with Crippen LogP contribution in [0.25, 0.3) is 10.4 Å². The second-order valence-electron chi connectivity index (χ2n) is 4.58. The predicted octanol–water partition coefficient (Wildman–Crippen LogP) is 2.48. The standard InChI is InChI=1S/C14H16N2O2S.Li.H/c1-9(16(2)3)13-15-8-12(19-13)10-4-6-11(7-5-10)14(17)18;;/h4-9H,1-3H3,(H,17,18);;. The van der Waals surface area contributed by atoms with Crippen LogP contribution in [-0.4, -0.2) is 53.9 Å². The van der Waals surface area contributed by atoms with Gasteiger partial charge >= 0.3 is 24.8 Å². The molecule has 0 amide bonds. The van der Waals surface area contributed by atoms with Crippen LogP contribution in [0.2, 0.25) is 0 Å². The number of carbonyl (C=O) groups is 1. The van der Waals surface area contributed by atoms with Crippen molar-refractivity contribution in [1.29, 1.82) is 0 Å². The van der Waals surface area contributed by atoms with Gasteiger partial charge in [0.05, 0.1) is 16.5 Å². The number of carboxylic acid groups (broad SMARTS) is 1. The van der Waals surface area contributed by atoms with Crippen LogP contribution in [0.3, 0.4) is 0 Å². The minimum absolute atomic E-state index is 0. The zero-order valence-corrected chi connectivity index (χ0v) is 11.9. The number of thiazole rings is 1. The van der Waals surface area contributed by atoms with E-state index in [-0.39, 0.29) is 24.9 Å². The fraction of sp³-hybridized carbons (Fsp3) is 0.286. The molecule has 0 aliphatic rings. The van der Waals surface area contributed by atoms with Crippen molar-refractivity contribution in [2.75, 3.05) is 14.1 Å². The van der Waals surface area contributed by atoms with Crippen LogP contribution in [0, 0.1) is 0 Å². The Labute approximate surface area is 134 Å². The molecule has 0 spiro atoms. The maximum atomic E-state index is 10.8. The molecule has 1 N–H and O–H groups in total. The summed E-state index contributed by atoms with van der Waals surface area (Å²) in [6, 6.07) is 7.15. The van der Waals surface area contributed by atoms with Crippen molar-refractivity contribution in [3.63, 3.8) is 0 Å². The molecular weight excluding hydrogens is 267 g/mol. The Balaban J connectivity index is 0.00000200. The van der Waals surface area contributed by atoms with Crippen LogP contribution in [0.1, 0.15) is 28.3 Å². The second kappa shape index (κ2) is 7.05. The van der Waals surface area contributed by atoms with E-state index < -0.39 is 5.97 Å². The summed E-state index contributed by atoms with van der Waals surface area (Å²) in [7, 11) is 4.04. The van der Waals surface area contributed by atoms with Gasteiger partial charge in [-0.1, -0.05) is 12.1 Å². The van der Waals surface area contributed by atoms with E-state index in [1.54, 1.807) is 23.5 Å². The Morgan fingerprint density at radius 1 is 1.30 bits per heavy atom. The SMILES string of the molecule is CC(c1ncc(-c2ccc(C(=O)O)cc2)s1)N(C)C.[LiH]. The van der Waals surface area contributed by atoms with E-state index in [0.29, 0.717) is 5.56 Å². The predicted molar refractivity (Wildman–Crippen MR) is 83.8 cm³/mol. The van der Waals surface area contributed by atoms with Crippen LogP contribution in [-0.2, 0) is 0 Å². The van der Waals surface area contributed by atoms with E-state index in [4.69, 9.17) is 5.11 Å². The van der Waals surface area contributed by atoms with Gasteiger partial charge in [0.2, 0.25) is 0 Å². The summed E-state index contributed by atoms with van der Waals surface area (Å²) >= 11 is 1.64. The van der Waals surface area contributed by atoms with E-state index in [1.165, 1.54) is 0 Å².